The molecule has 0 bridgehead atoms. The van der Waals surface area contributed by atoms with E-state index in [2.05, 4.69) is 37.9 Å². The molecule has 0 unspecified atom stereocenters. The molecule has 1 aliphatic heterocycles. The van der Waals surface area contributed by atoms with Gasteiger partial charge in [-0.1, -0.05) is 39.0 Å². The van der Waals surface area contributed by atoms with Gasteiger partial charge in [0.2, 0.25) is 0 Å². The lowest BCUT2D eigenvalue weighted by Crippen LogP contribution is -2.12. The SMILES string of the molecule is CCOc1cc(/C=C2/SC(N)=NC2=O)ccc1OCCOc1ccc(C(C)(C)C)cc1. The summed E-state index contributed by atoms with van der Waals surface area (Å²) in [6.45, 7) is 9.74. The van der Waals surface area contributed by atoms with E-state index in [0.717, 1.165) is 23.1 Å². The number of benzene rings is 2. The van der Waals surface area contributed by atoms with E-state index in [1.807, 2.05) is 37.3 Å². The highest BCUT2D eigenvalue weighted by Gasteiger charge is 2.19. The lowest BCUT2D eigenvalue weighted by Gasteiger charge is -2.19. The second-order valence-electron chi connectivity index (χ2n) is 7.98. The summed E-state index contributed by atoms with van der Waals surface area (Å²) < 4.78 is 17.4. The minimum atomic E-state index is -0.325. The molecule has 3 rings (SSSR count). The molecule has 1 heterocycles. The van der Waals surface area contributed by atoms with Crippen molar-refractivity contribution in [2.24, 2.45) is 10.7 Å². The van der Waals surface area contributed by atoms with Gasteiger partial charge in [0.15, 0.2) is 16.7 Å². The number of amidine groups is 1. The molecule has 7 heteroatoms. The second-order valence-corrected chi connectivity index (χ2v) is 9.04. The summed E-state index contributed by atoms with van der Waals surface area (Å²) in [5.41, 5.74) is 7.79. The fourth-order valence-electron chi connectivity index (χ4n) is 2.94. The van der Waals surface area contributed by atoms with Gasteiger partial charge >= 0.3 is 0 Å². The number of carbonyl (C=O) groups excluding carboxylic acids is 1. The maximum Gasteiger partial charge on any atom is 0.286 e. The Morgan fingerprint density at radius 2 is 1.71 bits per heavy atom. The molecule has 1 amide bonds. The maximum absolute atomic E-state index is 11.8. The van der Waals surface area contributed by atoms with Crippen LogP contribution in [-0.4, -0.2) is 30.9 Å². The van der Waals surface area contributed by atoms with Gasteiger partial charge in [0, 0.05) is 0 Å². The van der Waals surface area contributed by atoms with Gasteiger partial charge in [-0.25, -0.2) is 0 Å². The molecule has 31 heavy (non-hydrogen) atoms. The fraction of sp³-hybridized carbons (Fsp3) is 0.333. The maximum atomic E-state index is 11.8. The third kappa shape index (κ3) is 6.28. The average Bonchev–Trinajstić information content (AvgIpc) is 3.03. The van der Waals surface area contributed by atoms with Crippen LogP contribution in [0.5, 0.6) is 17.2 Å². The molecular formula is C24H28N2O4S. The first kappa shape index (κ1) is 22.7. The van der Waals surface area contributed by atoms with Crippen LogP contribution in [0.2, 0.25) is 0 Å². The second kappa shape index (κ2) is 9.92. The van der Waals surface area contributed by atoms with Crippen LogP contribution in [0.4, 0.5) is 0 Å². The number of hydrogen-bond donors (Lipinski definition) is 1. The largest absolute Gasteiger partial charge is 0.490 e. The number of nitrogens with two attached hydrogens (primary N) is 1. The highest BCUT2D eigenvalue weighted by atomic mass is 32.2. The van der Waals surface area contributed by atoms with E-state index in [1.165, 1.54) is 5.56 Å². The van der Waals surface area contributed by atoms with Crippen molar-refractivity contribution in [1.29, 1.82) is 0 Å². The highest BCUT2D eigenvalue weighted by molar-refractivity contribution is 8.18. The van der Waals surface area contributed by atoms with Crippen LogP contribution in [0.15, 0.2) is 52.4 Å². The zero-order valence-corrected chi connectivity index (χ0v) is 19.1. The lowest BCUT2D eigenvalue weighted by molar-refractivity contribution is -0.113. The van der Waals surface area contributed by atoms with Crippen molar-refractivity contribution in [2.75, 3.05) is 19.8 Å². The van der Waals surface area contributed by atoms with Crippen LogP contribution < -0.4 is 19.9 Å². The Morgan fingerprint density at radius 3 is 2.32 bits per heavy atom. The number of nitrogens with zero attached hydrogens (tertiary/aromatic N) is 1. The molecule has 0 aliphatic carbocycles. The zero-order valence-electron chi connectivity index (χ0n) is 18.3. The van der Waals surface area contributed by atoms with Crippen molar-refractivity contribution in [3.63, 3.8) is 0 Å². The highest BCUT2D eigenvalue weighted by Crippen LogP contribution is 2.32. The summed E-state index contributed by atoms with van der Waals surface area (Å²) in [5, 5.41) is 0.259. The van der Waals surface area contributed by atoms with Crippen LogP contribution in [0.1, 0.15) is 38.8 Å². The first-order valence-electron chi connectivity index (χ1n) is 10.2. The van der Waals surface area contributed by atoms with Gasteiger partial charge in [-0.3, -0.25) is 4.79 Å². The molecule has 0 radical (unpaired) electrons. The van der Waals surface area contributed by atoms with E-state index in [4.69, 9.17) is 19.9 Å². The zero-order chi connectivity index (χ0) is 22.4. The molecular weight excluding hydrogens is 412 g/mol. The Hall–Kier alpha value is -2.93. The van der Waals surface area contributed by atoms with Crippen LogP contribution in [0.3, 0.4) is 0 Å². The first-order valence-corrected chi connectivity index (χ1v) is 11.0. The van der Waals surface area contributed by atoms with E-state index in [0.29, 0.717) is 36.2 Å². The van der Waals surface area contributed by atoms with Gasteiger partial charge in [0.25, 0.3) is 5.91 Å². The summed E-state index contributed by atoms with van der Waals surface area (Å²) in [6, 6.07) is 13.6. The van der Waals surface area contributed by atoms with E-state index in [-0.39, 0.29) is 16.5 Å². The molecule has 164 valence electrons. The summed E-state index contributed by atoms with van der Waals surface area (Å²) in [6.07, 6.45) is 1.74. The quantitative estimate of drug-likeness (QED) is 0.470. The number of ether oxygens (including phenoxy) is 3. The molecule has 0 saturated carbocycles. The molecule has 6 nitrogen and oxygen atoms in total. The molecule has 1 aliphatic rings. The predicted molar refractivity (Wildman–Crippen MR) is 126 cm³/mol. The van der Waals surface area contributed by atoms with Crippen molar-refractivity contribution >= 4 is 28.9 Å². The number of carbonyl (C=O) groups is 1. The average molecular weight is 441 g/mol. The van der Waals surface area contributed by atoms with Crippen molar-refractivity contribution in [3.8, 4) is 17.2 Å². The summed E-state index contributed by atoms with van der Waals surface area (Å²) in [7, 11) is 0. The molecule has 2 aromatic rings. The minimum absolute atomic E-state index is 0.114. The van der Waals surface area contributed by atoms with Crippen LogP contribution in [0.25, 0.3) is 6.08 Å². The third-order valence-corrected chi connectivity index (χ3v) is 5.35. The number of rotatable bonds is 8. The van der Waals surface area contributed by atoms with Gasteiger partial charge in [-0.2, -0.15) is 4.99 Å². The van der Waals surface area contributed by atoms with Crippen molar-refractivity contribution in [2.45, 2.75) is 33.1 Å². The minimum Gasteiger partial charge on any atom is -0.490 e. The Kier molecular flexibility index (Phi) is 7.28. The standard InChI is InChI=1S/C24H28N2O4S/c1-5-28-20-14-16(15-21-22(27)26-23(25)31-21)6-11-19(20)30-13-12-29-18-9-7-17(8-10-18)24(2,3)4/h6-11,14-15H,5,12-13H2,1-4H3,(H2,25,26,27)/b21-15+. The van der Waals surface area contributed by atoms with E-state index >= 15 is 0 Å². The third-order valence-electron chi connectivity index (χ3n) is 4.53. The Morgan fingerprint density at radius 1 is 1.00 bits per heavy atom. The van der Waals surface area contributed by atoms with Gasteiger partial charge in [0.05, 0.1) is 11.5 Å². The molecule has 2 N–H and O–H groups in total. The Bertz CT molecular complexity index is 992. The summed E-state index contributed by atoms with van der Waals surface area (Å²) in [4.78, 5) is 16.0. The Balaban J connectivity index is 1.58. The van der Waals surface area contributed by atoms with Crippen LogP contribution >= 0.6 is 11.8 Å². The van der Waals surface area contributed by atoms with Gasteiger partial charge in [-0.05, 0) is 65.6 Å². The monoisotopic (exact) mass is 440 g/mol. The molecule has 0 atom stereocenters. The molecule has 0 spiro atoms. The van der Waals surface area contributed by atoms with Crippen molar-refractivity contribution in [1.82, 2.24) is 0 Å². The normalized spacial score (nSPS) is 15.2. The van der Waals surface area contributed by atoms with Gasteiger partial charge in [-0.15, -0.1) is 0 Å². The van der Waals surface area contributed by atoms with E-state index in [9.17, 15) is 4.79 Å². The van der Waals surface area contributed by atoms with Crippen LogP contribution in [0, 0.1) is 0 Å². The van der Waals surface area contributed by atoms with Crippen molar-refractivity contribution in [3.05, 3.63) is 58.5 Å². The first-order chi connectivity index (χ1) is 14.8. The van der Waals surface area contributed by atoms with Crippen molar-refractivity contribution < 1.29 is 19.0 Å². The van der Waals surface area contributed by atoms with Crippen LogP contribution in [-0.2, 0) is 10.2 Å². The summed E-state index contributed by atoms with van der Waals surface area (Å²) in [5.74, 6) is 1.71. The number of amides is 1. The smallest absolute Gasteiger partial charge is 0.286 e. The molecule has 0 fully saturated rings. The molecule has 2 aromatic carbocycles. The molecule has 0 aromatic heterocycles. The van der Waals surface area contributed by atoms with Gasteiger partial charge < -0.3 is 19.9 Å². The van der Waals surface area contributed by atoms with Gasteiger partial charge in [0.1, 0.15) is 19.0 Å². The molecule has 0 saturated heterocycles. The van der Waals surface area contributed by atoms with E-state index < -0.39 is 0 Å². The number of hydrogen-bond acceptors (Lipinski definition) is 6. The predicted octanol–water partition coefficient (Wildman–Crippen LogP) is 4.77. The fourth-order valence-corrected chi connectivity index (χ4v) is 3.62. The number of aliphatic imine (C=N–C) groups is 1. The Labute approximate surface area is 187 Å². The summed E-state index contributed by atoms with van der Waals surface area (Å²) >= 11 is 1.16. The number of thioether (sulfide) groups is 1. The van der Waals surface area contributed by atoms with E-state index in [1.54, 1.807) is 6.08 Å². The lowest BCUT2D eigenvalue weighted by atomic mass is 9.87. The topological polar surface area (TPSA) is 83.1 Å².